The second-order valence-electron chi connectivity index (χ2n) is 5.02. The summed E-state index contributed by atoms with van der Waals surface area (Å²) in [6.07, 6.45) is 3.14. The van der Waals surface area contributed by atoms with Gasteiger partial charge in [0.05, 0.1) is 18.1 Å². The molecule has 0 aromatic heterocycles. The Morgan fingerprint density at radius 3 is 2.82 bits per heavy atom. The summed E-state index contributed by atoms with van der Waals surface area (Å²) in [5.74, 6) is 1.24. The van der Waals surface area contributed by atoms with Crippen molar-refractivity contribution in [3.8, 4) is 0 Å². The SMILES string of the molecule is CCCC(C)COCCNC1CCS(=O)(=O)C1. The Balaban J connectivity index is 1.98. The molecule has 5 heteroatoms. The van der Waals surface area contributed by atoms with E-state index in [9.17, 15) is 8.42 Å². The Kier molecular flexibility index (Phi) is 6.44. The van der Waals surface area contributed by atoms with Gasteiger partial charge in [0, 0.05) is 19.2 Å². The lowest BCUT2D eigenvalue weighted by Gasteiger charge is -2.13. The third-order valence-electron chi connectivity index (χ3n) is 3.10. The highest BCUT2D eigenvalue weighted by Gasteiger charge is 2.26. The van der Waals surface area contributed by atoms with Crippen LogP contribution in [-0.2, 0) is 14.6 Å². The van der Waals surface area contributed by atoms with Gasteiger partial charge in [0.25, 0.3) is 0 Å². The fourth-order valence-corrected chi connectivity index (χ4v) is 3.86. The average molecular weight is 263 g/mol. The van der Waals surface area contributed by atoms with Gasteiger partial charge >= 0.3 is 0 Å². The maximum Gasteiger partial charge on any atom is 0.151 e. The molecule has 2 atom stereocenters. The summed E-state index contributed by atoms with van der Waals surface area (Å²) >= 11 is 0. The number of nitrogens with one attached hydrogen (secondary N) is 1. The van der Waals surface area contributed by atoms with E-state index >= 15 is 0 Å². The first-order valence-electron chi connectivity index (χ1n) is 6.55. The Labute approximate surface area is 105 Å². The van der Waals surface area contributed by atoms with E-state index in [1.54, 1.807) is 0 Å². The summed E-state index contributed by atoms with van der Waals surface area (Å²) in [4.78, 5) is 0. The molecule has 1 aliphatic rings. The molecule has 0 aliphatic carbocycles. The van der Waals surface area contributed by atoms with Crippen LogP contribution in [0.3, 0.4) is 0 Å². The van der Waals surface area contributed by atoms with Crippen LogP contribution in [-0.4, -0.2) is 45.7 Å². The van der Waals surface area contributed by atoms with E-state index < -0.39 is 9.84 Å². The lowest BCUT2D eigenvalue weighted by Crippen LogP contribution is -2.33. The first-order valence-corrected chi connectivity index (χ1v) is 8.37. The lowest BCUT2D eigenvalue weighted by molar-refractivity contribution is 0.102. The van der Waals surface area contributed by atoms with Gasteiger partial charge < -0.3 is 10.1 Å². The van der Waals surface area contributed by atoms with Gasteiger partial charge in [-0.15, -0.1) is 0 Å². The fourth-order valence-electron chi connectivity index (χ4n) is 2.15. The third-order valence-corrected chi connectivity index (χ3v) is 4.86. The number of hydrogen-bond acceptors (Lipinski definition) is 4. The van der Waals surface area contributed by atoms with E-state index in [0.29, 0.717) is 24.0 Å². The Morgan fingerprint density at radius 1 is 1.47 bits per heavy atom. The van der Waals surface area contributed by atoms with E-state index in [0.717, 1.165) is 19.6 Å². The van der Waals surface area contributed by atoms with Crippen molar-refractivity contribution in [2.24, 2.45) is 5.92 Å². The van der Waals surface area contributed by atoms with Gasteiger partial charge in [-0.05, 0) is 18.8 Å². The first kappa shape index (κ1) is 14.9. The van der Waals surface area contributed by atoms with Crippen LogP contribution in [0.2, 0.25) is 0 Å². The summed E-state index contributed by atoms with van der Waals surface area (Å²) in [6, 6.07) is 0.136. The molecule has 1 rings (SSSR count). The molecule has 2 unspecified atom stereocenters. The summed E-state index contributed by atoms with van der Waals surface area (Å²) in [5.41, 5.74) is 0. The fraction of sp³-hybridized carbons (Fsp3) is 1.00. The normalized spacial score (nSPS) is 24.9. The summed E-state index contributed by atoms with van der Waals surface area (Å²) < 4.78 is 28.0. The smallest absolute Gasteiger partial charge is 0.151 e. The van der Waals surface area contributed by atoms with E-state index in [1.807, 2.05) is 0 Å². The number of ether oxygens (including phenoxy) is 1. The average Bonchev–Trinajstić information content (AvgIpc) is 2.58. The zero-order valence-electron chi connectivity index (χ0n) is 10.9. The van der Waals surface area contributed by atoms with E-state index in [-0.39, 0.29) is 6.04 Å². The van der Waals surface area contributed by atoms with Crippen LogP contribution < -0.4 is 5.32 Å². The Bertz CT molecular complexity index is 303. The highest BCUT2D eigenvalue weighted by molar-refractivity contribution is 7.91. The molecule has 1 N–H and O–H groups in total. The minimum absolute atomic E-state index is 0.136. The van der Waals surface area contributed by atoms with Crippen molar-refractivity contribution in [1.82, 2.24) is 5.32 Å². The van der Waals surface area contributed by atoms with Crippen LogP contribution in [0.15, 0.2) is 0 Å². The highest BCUT2D eigenvalue weighted by atomic mass is 32.2. The molecule has 1 saturated heterocycles. The minimum Gasteiger partial charge on any atom is -0.380 e. The van der Waals surface area contributed by atoms with Gasteiger partial charge in [-0.3, -0.25) is 0 Å². The van der Waals surface area contributed by atoms with Crippen LogP contribution >= 0.6 is 0 Å². The third kappa shape index (κ3) is 6.38. The van der Waals surface area contributed by atoms with Crippen LogP contribution in [0.5, 0.6) is 0 Å². The first-order chi connectivity index (χ1) is 8.03. The van der Waals surface area contributed by atoms with Crippen molar-refractivity contribution in [2.75, 3.05) is 31.3 Å². The van der Waals surface area contributed by atoms with Crippen molar-refractivity contribution in [3.63, 3.8) is 0 Å². The van der Waals surface area contributed by atoms with Crippen molar-refractivity contribution in [3.05, 3.63) is 0 Å². The topological polar surface area (TPSA) is 55.4 Å². The molecule has 17 heavy (non-hydrogen) atoms. The van der Waals surface area contributed by atoms with Crippen LogP contribution in [0.25, 0.3) is 0 Å². The van der Waals surface area contributed by atoms with Crippen molar-refractivity contribution in [2.45, 2.75) is 39.2 Å². The molecule has 0 spiro atoms. The number of hydrogen-bond donors (Lipinski definition) is 1. The zero-order valence-corrected chi connectivity index (χ0v) is 11.8. The highest BCUT2D eigenvalue weighted by Crippen LogP contribution is 2.10. The molecule has 0 bridgehead atoms. The molecule has 0 amide bonds. The predicted octanol–water partition coefficient (Wildman–Crippen LogP) is 1.22. The second kappa shape index (κ2) is 7.34. The molecule has 0 radical (unpaired) electrons. The largest absolute Gasteiger partial charge is 0.380 e. The maximum atomic E-state index is 11.2. The Hall–Kier alpha value is -0.130. The summed E-state index contributed by atoms with van der Waals surface area (Å²) in [6.45, 7) is 6.60. The molecule has 102 valence electrons. The number of rotatable bonds is 8. The second-order valence-corrected chi connectivity index (χ2v) is 7.25. The van der Waals surface area contributed by atoms with Crippen LogP contribution in [0.1, 0.15) is 33.1 Å². The van der Waals surface area contributed by atoms with E-state index in [4.69, 9.17) is 4.74 Å². The van der Waals surface area contributed by atoms with Crippen molar-refractivity contribution < 1.29 is 13.2 Å². The summed E-state index contributed by atoms with van der Waals surface area (Å²) in [7, 11) is -2.76. The monoisotopic (exact) mass is 263 g/mol. The van der Waals surface area contributed by atoms with E-state index in [1.165, 1.54) is 12.8 Å². The van der Waals surface area contributed by atoms with Gasteiger partial charge in [0.1, 0.15) is 0 Å². The molecule has 1 aliphatic heterocycles. The van der Waals surface area contributed by atoms with Crippen LogP contribution in [0.4, 0.5) is 0 Å². The van der Waals surface area contributed by atoms with Crippen molar-refractivity contribution >= 4 is 9.84 Å². The van der Waals surface area contributed by atoms with Gasteiger partial charge in [-0.2, -0.15) is 0 Å². The molecule has 0 saturated carbocycles. The van der Waals surface area contributed by atoms with Gasteiger partial charge in [-0.25, -0.2) is 8.42 Å². The van der Waals surface area contributed by atoms with Gasteiger partial charge in [0.15, 0.2) is 9.84 Å². The quantitative estimate of drug-likeness (QED) is 0.669. The Morgan fingerprint density at radius 2 is 2.24 bits per heavy atom. The summed E-state index contributed by atoms with van der Waals surface area (Å²) in [5, 5.41) is 3.24. The van der Waals surface area contributed by atoms with E-state index in [2.05, 4.69) is 19.2 Å². The maximum absolute atomic E-state index is 11.2. The standard InChI is InChI=1S/C12H25NO3S/c1-3-4-11(2)9-16-7-6-13-12-5-8-17(14,15)10-12/h11-13H,3-10H2,1-2H3. The molecule has 1 heterocycles. The van der Waals surface area contributed by atoms with Gasteiger partial charge in [0.2, 0.25) is 0 Å². The molecule has 4 nitrogen and oxygen atoms in total. The molecule has 0 aromatic rings. The predicted molar refractivity (Wildman–Crippen MR) is 70.0 cm³/mol. The molecule has 1 fully saturated rings. The molecular formula is C12H25NO3S. The van der Waals surface area contributed by atoms with Crippen molar-refractivity contribution in [1.29, 1.82) is 0 Å². The zero-order chi connectivity index (χ0) is 12.7. The van der Waals surface area contributed by atoms with Crippen LogP contribution in [0, 0.1) is 5.92 Å². The number of sulfone groups is 1. The lowest BCUT2D eigenvalue weighted by atomic mass is 10.1. The molecule has 0 aromatic carbocycles. The minimum atomic E-state index is -2.76. The molecular weight excluding hydrogens is 238 g/mol. The van der Waals surface area contributed by atoms with Gasteiger partial charge in [-0.1, -0.05) is 20.3 Å².